The van der Waals surface area contributed by atoms with Crippen LogP contribution in [0.15, 0.2) is 42.5 Å². The van der Waals surface area contributed by atoms with Crippen LogP contribution in [-0.2, 0) is 0 Å². The van der Waals surface area contributed by atoms with Gasteiger partial charge in [0, 0.05) is 5.69 Å². The number of para-hydroxylation sites is 1. The highest BCUT2D eigenvalue weighted by atomic mass is 19.3. The number of nitrogens with one attached hydrogen (secondary N) is 1. The van der Waals surface area contributed by atoms with Gasteiger partial charge in [-0.2, -0.15) is 8.78 Å². The normalized spacial score (nSPS) is 10.4. The number of anilines is 3. The Kier molecular flexibility index (Phi) is 4.24. The van der Waals surface area contributed by atoms with Crippen LogP contribution in [0.3, 0.4) is 0 Å². The van der Waals surface area contributed by atoms with Crippen LogP contribution in [0, 0.1) is 0 Å². The van der Waals surface area contributed by atoms with Gasteiger partial charge in [0.1, 0.15) is 11.5 Å². The van der Waals surface area contributed by atoms with Crippen molar-refractivity contribution in [2.45, 2.75) is 6.61 Å². The van der Waals surface area contributed by atoms with E-state index in [0.717, 1.165) is 0 Å². The molecule has 2 rings (SSSR count). The SMILES string of the molecule is COc1cccc(Nc2ccc(OC(F)F)cc2)c1N. The number of ether oxygens (including phenoxy) is 2. The largest absolute Gasteiger partial charge is 0.495 e. The fourth-order valence-electron chi connectivity index (χ4n) is 1.71. The van der Waals surface area contributed by atoms with Gasteiger partial charge in [-0.1, -0.05) is 6.07 Å². The van der Waals surface area contributed by atoms with Crippen LogP contribution >= 0.6 is 0 Å². The van der Waals surface area contributed by atoms with E-state index in [1.807, 2.05) is 0 Å². The second-order valence-corrected chi connectivity index (χ2v) is 3.95. The lowest BCUT2D eigenvalue weighted by molar-refractivity contribution is -0.0498. The van der Waals surface area contributed by atoms with E-state index in [9.17, 15) is 8.78 Å². The Morgan fingerprint density at radius 2 is 1.80 bits per heavy atom. The molecule has 4 nitrogen and oxygen atoms in total. The molecule has 0 saturated heterocycles. The van der Waals surface area contributed by atoms with Crippen molar-refractivity contribution < 1.29 is 18.3 Å². The molecular formula is C14H14F2N2O2. The number of hydrogen-bond acceptors (Lipinski definition) is 4. The second-order valence-electron chi connectivity index (χ2n) is 3.95. The summed E-state index contributed by atoms with van der Waals surface area (Å²) in [4.78, 5) is 0. The predicted octanol–water partition coefficient (Wildman–Crippen LogP) is 3.62. The minimum absolute atomic E-state index is 0.101. The third-order valence-electron chi connectivity index (χ3n) is 2.64. The quantitative estimate of drug-likeness (QED) is 0.821. The molecule has 0 aliphatic rings. The molecule has 6 heteroatoms. The van der Waals surface area contributed by atoms with Gasteiger partial charge in [0.05, 0.1) is 18.5 Å². The van der Waals surface area contributed by atoms with E-state index < -0.39 is 6.61 Å². The maximum Gasteiger partial charge on any atom is 0.387 e. The summed E-state index contributed by atoms with van der Waals surface area (Å²) in [6.45, 7) is -2.83. The summed E-state index contributed by atoms with van der Waals surface area (Å²) < 4.78 is 33.5. The zero-order valence-electron chi connectivity index (χ0n) is 10.8. The Hall–Kier alpha value is -2.50. The Labute approximate surface area is 115 Å². The molecule has 106 valence electrons. The summed E-state index contributed by atoms with van der Waals surface area (Å²) in [5.41, 5.74) is 7.77. The van der Waals surface area contributed by atoms with Gasteiger partial charge in [-0.05, 0) is 36.4 Å². The Morgan fingerprint density at radius 3 is 2.40 bits per heavy atom. The third kappa shape index (κ3) is 3.28. The Bertz CT molecular complexity index is 574. The van der Waals surface area contributed by atoms with Gasteiger partial charge in [-0.3, -0.25) is 0 Å². The maximum absolute atomic E-state index is 12.0. The molecule has 0 heterocycles. The molecule has 3 N–H and O–H groups in total. The fraction of sp³-hybridized carbons (Fsp3) is 0.143. The van der Waals surface area contributed by atoms with Crippen molar-refractivity contribution in [3.8, 4) is 11.5 Å². The topological polar surface area (TPSA) is 56.5 Å². The highest BCUT2D eigenvalue weighted by Gasteiger charge is 2.06. The summed E-state index contributed by atoms with van der Waals surface area (Å²) in [7, 11) is 1.53. The molecule has 0 aliphatic heterocycles. The van der Waals surface area contributed by atoms with Crippen molar-refractivity contribution in [1.29, 1.82) is 0 Å². The van der Waals surface area contributed by atoms with Gasteiger partial charge < -0.3 is 20.5 Å². The molecule has 0 bridgehead atoms. The van der Waals surface area contributed by atoms with Crippen molar-refractivity contribution in [2.75, 3.05) is 18.2 Å². The van der Waals surface area contributed by atoms with Gasteiger partial charge in [-0.15, -0.1) is 0 Å². The Morgan fingerprint density at radius 1 is 1.10 bits per heavy atom. The monoisotopic (exact) mass is 280 g/mol. The lowest BCUT2D eigenvalue weighted by Gasteiger charge is -2.12. The van der Waals surface area contributed by atoms with Crippen LogP contribution in [0.5, 0.6) is 11.5 Å². The number of nitrogen functional groups attached to an aromatic ring is 1. The van der Waals surface area contributed by atoms with Gasteiger partial charge in [-0.25, -0.2) is 0 Å². The predicted molar refractivity (Wildman–Crippen MR) is 73.8 cm³/mol. The highest BCUT2D eigenvalue weighted by Crippen LogP contribution is 2.31. The van der Waals surface area contributed by atoms with E-state index in [1.54, 1.807) is 30.3 Å². The molecule has 0 aliphatic carbocycles. The van der Waals surface area contributed by atoms with Gasteiger partial charge in [0.25, 0.3) is 0 Å². The number of nitrogens with two attached hydrogens (primary N) is 1. The number of halogens is 2. The molecular weight excluding hydrogens is 266 g/mol. The lowest BCUT2D eigenvalue weighted by Crippen LogP contribution is -2.02. The molecule has 0 atom stereocenters. The first kappa shape index (κ1) is 13.9. The van der Waals surface area contributed by atoms with Crippen LogP contribution in [0.1, 0.15) is 0 Å². The molecule has 2 aromatic carbocycles. The minimum atomic E-state index is -2.83. The Balaban J connectivity index is 2.14. The number of benzene rings is 2. The van der Waals surface area contributed by atoms with Crippen LogP contribution in [0.2, 0.25) is 0 Å². The summed E-state index contributed by atoms with van der Waals surface area (Å²) >= 11 is 0. The first-order valence-electron chi connectivity index (χ1n) is 5.84. The molecule has 0 amide bonds. The van der Waals surface area contributed by atoms with Crippen molar-refractivity contribution >= 4 is 17.1 Å². The number of rotatable bonds is 5. The lowest BCUT2D eigenvalue weighted by atomic mass is 10.2. The van der Waals surface area contributed by atoms with Crippen molar-refractivity contribution in [3.63, 3.8) is 0 Å². The third-order valence-corrected chi connectivity index (χ3v) is 2.64. The van der Waals surface area contributed by atoms with Crippen LogP contribution < -0.4 is 20.5 Å². The van der Waals surface area contributed by atoms with E-state index in [0.29, 0.717) is 22.8 Å². The second kappa shape index (κ2) is 6.10. The molecule has 2 aromatic rings. The van der Waals surface area contributed by atoms with Gasteiger partial charge in [0.15, 0.2) is 0 Å². The van der Waals surface area contributed by atoms with Crippen LogP contribution in [0.4, 0.5) is 25.8 Å². The zero-order chi connectivity index (χ0) is 14.5. The molecule has 0 radical (unpaired) electrons. The molecule has 0 spiro atoms. The average Bonchev–Trinajstić information content (AvgIpc) is 2.43. The highest BCUT2D eigenvalue weighted by molar-refractivity contribution is 5.77. The van der Waals surface area contributed by atoms with E-state index in [-0.39, 0.29) is 5.75 Å². The zero-order valence-corrected chi connectivity index (χ0v) is 10.8. The van der Waals surface area contributed by atoms with Crippen LogP contribution in [-0.4, -0.2) is 13.7 Å². The minimum Gasteiger partial charge on any atom is -0.495 e. The smallest absolute Gasteiger partial charge is 0.387 e. The maximum atomic E-state index is 12.0. The fourth-order valence-corrected chi connectivity index (χ4v) is 1.71. The average molecular weight is 280 g/mol. The summed E-state index contributed by atoms with van der Waals surface area (Å²) in [5.74, 6) is 0.664. The number of hydrogen-bond donors (Lipinski definition) is 2. The van der Waals surface area contributed by atoms with Crippen molar-refractivity contribution in [2.24, 2.45) is 0 Å². The van der Waals surface area contributed by atoms with Gasteiger partial charge >= 0.3 is 6.61 Å². The molecule has 0 fully saturated rings. The van der Waals surface area contributed by atoms with Crippen molar-refractivity contribution in [1.82, 2.24) is 0 Å². The first-order valence-corrected chi connectivity index (χ1v) is 5.84. The number of methoxy groups -OCH3 is 1. The standard InChI is InChI=1S/C14H14F2N2O2/c1-19-12-4-2-3-11(13(12)17)18-9-5-7-10(8-6-9)20-14(15)16/h2-8,14,18H,17H2,1H3. The van der Waals surface area contributed by atoms with Crippen LogP contribution in [0.25, 0.3) is 0 Å². The molecule has 20 heavy (non-hydrogen) atoms. The molecule has 0 unspecified atom stereocenters. The molecule has 0 aromatic heterocycles. The summed E-state index contributed by atoms with van der Waals surface area (Å²) in [5, 5.41) is 3.08. The first-order chi connectivity index (χ1) is 9.60. The molecule has 0 saturated carbocycles. The summed E-state index contributed by atoms with van der Waals surface area (Å²) in [6.07, 6.45) is 0. The van der Waals surface area contributed by atoms with Gasteiger partial charge in [0.2, 0.25) is 0 Å². The van der Waals surface area contributed by atoms with E-state index in [1.165, 1.54) is 19.2 Å². The van der Waals surface area contributed by atoms with E-state index >= 15 is 0 Å². The van der Waals surface area contributed by atoms with Crippen molar-refractivity contribution in [3.05, 3.63) is 42.5 Å². The van der Waals surface area contributed by atoms with E-state index in [2.05, 4.69) is 10.1 Å². The van der Waals surface area contributed by atoms with E-state index in [4.69, 9.17) is 10.5 Å². The number of alkyl halides is 2. The summed E-state index contributed by atoms with van der Waals surface area (Å²) in [6, 6.07) is 11.5.